The Hall–Kier alpha value is -2.56. The quantitative estimate of drug-likeness (QED) is 0.370. The number of benzene rings is 1. The summed E-state index contributed by atoms with van der Waals surface area (Å²) in [4.78, 5) is 21.3. The summed E-state index contributed by atoms with van der Waals surface area (Å²) in [5.74, 6) is -1.08. The van der Waals surface area contributed by atoms with Crippen molar-refractivity contribution in [2.45, 2.75) is 13.8 Å². The van der Waals surface area contributed by atoms with Gasteiger partial charge in [0.25, 0.3) is 0 Å². The van der Waals surface area contributed by atoms with Crippen LogP contribution in [0.2, 0.25) is 0 Å². The van der Waals surface area contributed by atoms with Crippen LogP contribution in [0, 0.1) is 0 Å². The van der Waals surface area contributed by atoms with Gasteiger partial charge in [-0.3, -0.25) is 0 Å². The highest BCUT2D eigenvalue weighted by molar-refractivity contribution is 6.00. The van der Waals surface area contributed by atoms with E-state index in [1.165, 1.54) is 38.1 Å². The number of hydrogen-bond acceptors (Lipinski definition) is 5. The normalized spacial score (nSPS) is 8.74. The monoisotopic (exact) mass is 264 g/mol. The molecule has 1 aromatic carbocycles. The van der Waals surface area contributed by atoms with Crippen LogP contribution < -0.4 is 0 Å². The van der Waals surface area contributed by atoms with Crippen LogP contribution in [0.3, 0.4) is 0 Å². The van der Waals surface area contributed by atoms with Gasteiger partial charge in [0.1, 0.15) is 11.5 Å². The zero-order chi connectivity index (χ0) is 15.0. The predicted molar refractivity (Wildman–Crippen MR) is 70.5 cm³/mol. The Labute approximate surface area is 111 Å². The summed E-state index contributed by atoms with van der Waals surface area (Å²) in [5.41, 5.74) is 0.388. The van der Waals surface area contributed by atoms with Gasteiger partial charge in [-0.2, -0.15) is 0 Å². The molecule has 0 aliphatic carbocycles. The van der Waals surface area contributed by atoms with E-state index in [0.717, 1.165) is 0 Å². The van der Waals surface area contributed by atoms with E-state index in [2.05, 4.69) is 17.9 Å². The van der Waals surface area contributed by atoms with Gasteiger partial charge >= 0.3 is 11.9 Å². The molecule has 1 aromatic rings. The maximum atomic E-state index is 10.7. The predicted octanol–water partition coefficient (Wildman–Crippen LogP) is 2.31. The minimum Gasteiger partial charge on any atom is -0.508 e. The lowest BCUT2D eigenvalue weighted by Crippen LogP contribution is -2.12. The number of esters is 2. The average Bonchev–Trinajstić information content (AvgIpc) is 2.33. The molecular weight excluding hydrogens is 248 g/mol. The number of phenols is 2. The third kappa shape index (κ3) is 7.38. The molecule has 0 aliphatic heterocycles. The molecule has 0 aromatic heterocycles. The first-order valence-electron chi connectivity index (χ1n) is 5.29. The minimum absolute atomic E-state index is 0.169. The molecule has 0 radical (unpaired) electrons. The molecular formula is C14H16O5. The summed E-state index contributed by atoms with van der Waals surface area (Å²) in [6.07, 6.45) is 0. The van der Waals surface area contributed by atoms with Crippen LogP contribution in [0.5, 0.6) is 11.5 Å². The Morgan fingerprint density at radius 2 is 1.16 bits per heavy atom. The van der Waals surface area contributed by atoms with Gasteiger partial charge in [-0.15, -0.1) is 0 Å². The first-order chi connectivity index (χ1) is 8.73. The Morgan fingerprint density at radius 1 is 0.895 bits per heavy atom. The Balaban J connectivity index is 0.000000356. The summed E-state index contributed by atoms with van der Waals surface area (Å²) in [7, 11) is 0. The van der Waals surface area contributed by atoms with E-state index in [-0.39, 0.29) is 22.6 Å². The first-order valence-corrected chi connectivity index (χ1v) is 5.29. The second-order valence-corrected chi connectivity index (χ2v) is 3.75. The Bertz CT molecular complexity index is 440. The van der Waals surface area contributed by atoms with Gasteiger partial charge in [0.05, 0.1) is 0 Å². The smallest absolute Gasteiger partial charge is 0.340 e. The van der Waals surface area contributed by atoms with Crippen molar-refractivity contribution in [3.8, 4) is 11.5 Å². The highest BCUT2D eigenvalue weighted by Crippen LogP contribution is 2.13. The zero-order valence-corrected chi connectivity index (χ0v) is 10.8. The molecule has 0 unspecified atom stereocenters. The van der Waals surface area contributed by atoms with E-state index in [1.54, 1.807) is 0 Å². The van der Waals surface area contributed by atoms with Crippen LogP contribution in [0.4, 0.5) is 0 Å². The topological polar surface area (TPSA) is 83.8 Å². The highest BCUT2D eigenvalue weighted by Gasteiger charge is 2.10. The summed E-state index contributed by atoms with van der Waals surface area (Å²) >= 11 is 0. The minimum atomic E-state index is -0.710. The molecule has 0 bridgehead atoms. The number of ether oxygens (including phenoxy) is 1. The molecule has 19 heavy (non-hydrogen) atoms. The van der Waals surface area contributed by atoms with Crippen molar-refractivity contribution in [2.75, 3.05) is 0 Å². The third-order valence-corrected chi connectivity index (χ3v) is 1.73. The van der Waals surface area contributed by atoms with Crippen LogP contribution in [-0.2, 0) is 14.3 Å². The van der Waals surface area contributed by atoms with Crippen molar-refractivity contribution < 1.29 is 24.5 Å². The van der Waals surface area contributed by atoms with Crippen molar-refractivity contribution in [2.24, 2.45) is 0 Å². The molecule has 0 amide bonds. The van der Waals surface area contributed by atoms with Crippen molar-refractivity contribution >= 4 is 11.9 Å². The number of carbonyl (C=O) groups is 2. The van der Waals surface area contributed by atoms with Gasteiger partial charge in [-0.05, 0) is 38.1 Å². The van der Waals surface area contributed by atoms with Crippen LogP contribution in [0.1, 0.15) is 13.8 Å². The molecule has 0 spiro atoms. The second-order valence-electron chi connectivity index (χ2n) is 3.75. The second kappa shape index (κ2) is 7.71. The Morgan fingerprint density at radius 3 is 1.37 bits per heavy atom. The van der Waals surface area contributed by atoms with Gasteiger partial charge in [-0.1, -0.05) is 13.2 Å². The lowest BCUT2D eigenvalue weighted by Gasteiger charge is -1.99. The molecule has 5 heteroatoms. The van der Waals surface area contributed by atoms with E-state index in [1.807, 2.05) is 0 Å². The molecule has 2 N–H and O–H groups in total. The summed E-state index contributed by atoms with van der Waals surface area (Å²) < 4.78 is 4.30. The number of hydrogen-bond donors (Lipinski definition) is 2. The van der Waals surface area contributed by atoms with Crippen LogP contribution in [-0.4, -0.2) is 22.2 Å². The van der Waals surface area contributed by atoms with E-state index in [0.29, 0.717) is 0 Å². The summed E-state index contributed by atoms with van der Waals surface area (Å²) in [6, 6.07) is 5.70. The van der Waals surface area contributed by atoms with Crippen molar-refractivity contribution in [3.05, 3.63) is 48.6 Å². The van der Waals surface area contributed by atoms with Crippen molar-refractivity contribution in [1.82, 2.24) is 0 Å². The maximum absolute atomic E-state index is 10.7. The number of carbonyl (C=O) groups excluding carboxylic acids is 2. The first kappa shape index (κ1) is 16.4. The molecule has 102 valence electrons. The van der Waals surface area contributed by atoms with Gasteiger partial charge in [0.2, 0.25) is 0 Å². The van der Waals surface area contributed by atoms with E-state index in [9.17, 15) is 9.59 Å². The molecule has 0 atom stereocenters. The van der Waals surface area contributed by atoms with Gasteiger partial charge in [0, 0.05) is 11.1 Å². The fraction of sp³-hybridized carbons (Fsp3) is 0.143. The van der Waals surface area contributed by atoms with Gasteiger partial charge in [0.15, 0.2) is 0 Å². The molecule has 1 rings (SSSR count). The van der Waals surface area contributed by atoms with Crippen molar-refractivity contribution in [1.29, 1.82) is 0 Å². The summed E-state index contributed by atoms with van der Waals surface area (Å²) in [6.45, 7) is 9.55. The van der Waals surface area contributed by atoms with Gasteiger partial charge in [-0.25, -0.2) is 9.59 Å². The molecule has 0 saturated carbocycles. The van der Waals surface area contributed by atoms with Gasteiger partial charge < -0.3 is 14.9 Å². The molecule has 0 aliphatic rings. The zero-order valence-electron chi connectivity index (χ0n) is 10.8. The molecule has 5 nitrogen and oxygen atoms in total. The number of aromatic hydroxyl groups is 2. The number of rotatable bonds is 2. The van der Waals surface area contributed by atoms with E-state index in [4.69, 9.17) is 10.2 Å². The highest BCUT2D eigenvalue weighted by atomic mass is 16.6. The Kier molecular flexibility index (Phi) is 6.67. The van der Waals surface area contributed by atoms with E-state index < -0.39 is 11.9 Å². The SMILES string of the molecule is C=C(C)C(=O)OC(=O)C(=C)C.Oc1ccc(O)cc1. The van der Waals surface area contributed by atoms with Crippen molar-refractivity contribution in [3.63, 3.8) is 0 Å². The molecule has 0 heterocycles. The molecule has 0 fully saturated rings. The van der Waals surface area contributed by atoms with Crippen LogP contribution in [0.25, 0.3) is 0 Å². The largest absolute Gasteiger partial charge is 0.508 e. The lowest BCUT2D eigenvalue weighted by atomic mass is 10.3. The third-order valence-electron chi connectivity index (χ3n) is 1.73. The van der Waals surface area contributed by atoms with Crippen LogP contribution in [0.15, 0.2) is 48.6 Å². The lowest BCUT2D eigenvalue weighted by molar-refractivity contribution is -0.153. The fourth-order valence-electron chi connectivity index (χ4n) is 0.711. The average molecular weight is 264 g/mol. The molecule has 0 saturated heterocycles. The maximum Gasteiger partial charge on any atom is 0.340 e. The fourth-order valence-corrected chi connectivity index (χ4v) is 0.711. The number of phenolic OH excluding ortho intramolecular Hbond substituents is 2. The van der Waals surface area contributed by atoms with Crippen LogP contribution >= 0.6 is 0 Å². The summed E-state index contributed by atoms with van der Waals surface area (Å²) in [5, 5.41) is 17.3. The standard InChI is InChI=1S/C8H10O3.C6H6O2/c1-5(2)7(9)11-8(10)6(3)4;7-5-1-2-6(8)4-3-5/h1,3H2,2,4H3;1-4,7-8H. The van der Waals surface area contributed by atoms with E-state index >= 15 is 0 Å².